The molecule has 0 unspecified atom stereocenters. The molecule has 0 fully saturated rings. The standard InChI is InChI=1S/C10H6N4O2/c15-10(16)7-4-14-8(13-7)2-1-6-3-11-5-12-9(6)14/h1-5H,(H,15,16). The molecular formula is C10H6N4O2. The molecule has 3 rings (SSSR count). The normalized spacial score (nSPS) is 11.0. The largest absolute Gasteiger partial charge is 0.476 e. The molecule has 6 nitrogen and oxygen atoms in total. The van der Waals surface area contributed by atoms with Gasteiger partial charge in [0.1, 0.15) is 17.6 Å². The Balaban J connectivity index is 2.46. The van der Waals surface area contributed by atoms with Crippen LogP contribution in [0.25, 0.3) is 16.7 Å². The molecule has 0 aliphatic rings. The van der Waals surface area contributed by atoms with Gasteiger partial charge in [0.05, 0.1) is 0 Å². The van der Waals surface area contributed by atoms with Gasteiger partial charge in [-0.25, -0.2) is 19.7 Å². The molecule has 78 valence electrons. The van der Waals surface area contributed by atoms with Crippen molar-refractivity contribution < 1.29 is 9.90 Å². The number of aromatic nitrogens is 4. The van der Waals surface area contributed by atoms with Crippen molar-refractivity contribution in [3.8, 4) is 0 Å². The van der Waals surface area contributed by atoms with E-state index >= 15 is 0 Å². The van der Waals surface area contributed by atoms with Crippen LogP contribution in [-0.4, -0.2) is 30.4 Å². The topological polar surface area (TPSA) is 80.4 Å². The van der Waals surface area contributed by atoms with Gasteiger partial charge in [0.25, 0.3) is 0 Å². The Morgan fingerprint density at radius 1 is 1.38 bits per heavy atom. The smallest absolute Gasteiger partial charge is 0.356 e. The van der Waals surface area contributed by atoms with Crippen molar-refractivity contribution >= 4 is 22.6 Å². The molecule has 16 heavy (non-hydrogen) atoms. The third-order valence-corrected chi connectivity index (χ3v) is 2.31. The molecule has 0 atom stereocenters. The van der Waals surface area contributed by atoms with Gasteiger partial charge in [0, 0.05) is 17.8 Å². The van der Waals surface area contributed by atoms with E-state index in [1.165, 1.54) is 12.5 Å². The minimum Gasteiger partial charge on any atom is -0.476 e. The molecule has 0 bridgehead atoms. The Morgan fingerprint density at radius 3 is 3.06 bits per heavy atom. The average Bonchev–Trinajstić information content (AvgIpc) is 2.73. The molecule has 6 heteroatoms. The van der Waals surface area contributed by atoms with Gasteiger partial charge >= 0.3 is 5.97 Å². The summed E-state index contributed by atoms with van der Waals surface area (Å²) in [6, 6.07) is 3.54. The highest BCUT2D eigenvalue weighted by Gasteiger charge is 2.10. The van der Waals surface area contributed by atoms with E-state index in [0.29, 0.717) is 11.3 Å². The predicted octanol–water partition coefficient (Wildman–Crippen LogP) is 0.976. The molecule has 0 saturated heterocycles. The lowest BCUT2D eigenvalue weighted by atomic mass is 10.3. The minimum atomic E-state index is -1.05. The molecule has 3 aromatic rings. The summed E-state index contributed by atoms with van der Waals surface area (Å²) in [6.07, 6.45) is 4.54. The second-order valence-corrected chi connectivity index (χ2v) is 3.29. The lowest BCUT2D eigenvalue weighted by Crippen LogP contribution is -1.95. The zero-order valence-corrected chi connectivity index (χ0v) is 8.03. The molecule has 0 aromatic carbocycles. The Kier molecular flexibility index (Phi) is 1.64. The fourth-order valence-corrected chi connectivity index (χ4v) is 1.60. The van der Waals surface area contributed by atoms with Crippen LogP contribution in [0.4, 0.5) is 0 Å². The number of hydrogen-bond donors (Lipinski definition) is 1. The molecule has 3 heterocycles. The number of fused-ring (bicyclic) bond motifs is 3. The molecule has 0 aliphatic heterocycles. The fraction of sp³-hybridized carbons (Fsp3) is 0. The van der Waals surface area contributed by atoms with Gasteiger partial charge in [-0.1, -0.05) is 0 Å². The highest BCUT2D eigenvalue weighted by atomic mass is 16.4. The van der Waals surface area contributed by atoms with Crippen LogP contribution in [0.5, 0.6) is 0 Å². The van der Waals surface area contributed by atoms with Crippen LogP contribution in [0.2, 0.25) is 0 Å². The molecule has 0 aliphatic carbocycles. The van der Waals surface area contributed by atoms with E-state index in [1.54, 1.807) is 16.7 Å². The number of carboxylic acid groups (broad SMARTS) is 1. The molecule has 3 aromatic heterocycles. The van der Waals surface area contributed by atoms with Crippen molar-refractivity contribution in [3.05, 3.63) is 36.5 Å². The minimum absolute atomic E-state index is 0.00566. The Hall–Kier alpha value is -2.50. The van der Waals surface area contributed by atoms with E-state index in [9.17, 15) is 4.79 Å². The van der Waals surface area contributed by atoms with Crippen LogP contribution < -0.4 is 0 Å². The van der Waals surface area contributed by atoms with Crippen molar-refractivity contribution in [2.75, 3.05) is 0 Å². The molecule has 0 spiro atoms. The first-order valence-electron chi connectivity index (χ1n) is 4.57. The zero-order valence-electron chi connectivity index (χ0n) is 8.03. The van der Waals surface area contributed by atoms with Gasteiger partial charge in [0.2, 0.25) is 0 Å². The molecule has 0 radical (unpaired) electrons. The van der Waals surface area contributed by atoms with Gasteiger partial charge in [-0.2, -0.15) is 0 Å². The van der Waals surface area contributed by atoms with Crippen LogP contribution in [-0.2, 0) is 0 Å². The lowest BCUT2D eigenvalue weighted by Gasteiger charge is -1.98. The summed E-state index contributed by atoms with van der Waals surface area (Å²) in [5.41, 5.74) is 1.21. The van der Waals surface area contributed by atoms with E-state index in [4.69, 9.17) is 5.11 Å². The van der Waals surface area contributed by atoms with Crippen molar-refractivity contribution in [3.63, 3.8) is 0 Å². The van der Waals surface area contributed by atoms with Crippen molar-refractivity contribution in [1.82, 2.24) is 19.4 Å². The average molecular weight is 214 g/mol. The lowest BCUT2D eigenvalue weighted by molar-refractivity contribution is 0.0691. The Labute approximate surface area is 89.2 Å². The first-order valence-corrected chi connectivity index (χ1v) is 4.57. The summed E-state index contributed by atoms with van der Waals surface area (Å²) in [7, 11) is 0. The second kappa shape index (κ2) is 2.99. The van der Waals surface area contributed by atoms with Gasteiger partial charge in [-0.3, -0.25) is 4.40 Å². The maximum atomic E-state index is 10.8. The highest BCUT2D eigenvalue weighted by Crippen LogP contribution is 2.14. The quantitative estimate of drug-likeness (QED) is 0.653. The summed E-state index contributed by atoms with van der Waals surface area (Å²) >= 11 is 0. The van der Waals surface area contributed by atoms with Crippen LogP contribution in [0.15, 0.2) is 30.9 Å². The van der Waals surface area contributed by atoms with Gasteiger partial charge < -0.3 is 5.11 Å². The summed E-state index contributed by atoms with van der Waals surface area (Å²) < 4.78 is 1.64. The summed E-state index contributed by atoms with van der Waals surface area (Å²) in [4.78, 5) is 22.8. The maximum Gasteiger partial charge on any atom is 0.356 e. The van der Waals surface area contributed by atoms with E-state index in [1.807, 2.05) is 6.07 Å². The number of imidazole rings is 1. The molecule has 0 amide bonds. The van der Waals surface area contributed by atoms with Gasteiger partial charge in [-0.05, 0) is 12.1 Å². The molecule has 0 saturated carbocycles. The van der Waals surface area contributed by atoms with Crippen LogP contribution in [0, 0.1) is 0 Å². The molecular weight excluding hydrogens is 208 g/mol. The Morgan fingerprint density at radius 2 is 2.25 bits per heavy atom. The van der Waals surface area contributed by atoms with E-state index < -0.39 is 5.97 Å². The van der Waals surface area contributed by atoms with Gasteiger partial charge in [-0.15, -0.1) is 0 Å². The van der Waals surface area contributed by atoms with E-state index in [-0.39, 0.29) is 5.69 Å². The third kappa shape index (κ3) is 1.13. The number of nitrogens with zero attached hydrogens (tertiary/aromatic N) is 4. The number of rotatable bonds is 1. The number of pyridine rings is 1. The summed E-state index contributed by atoms with van der Waals surface area (Å²) in [6.45, 7) is 0. The fourth-order valence-electron chi connectivity index (χ4n) is 1.60. The van der Waals surface area contributed by atoms with Crippen LogP contribution in [0.3, 0.4) is 0 Å². The maximum absolute atomic E-state index is 10.8. The van der Waals surface area contributed by atoms with E-state index in [2.05, 4.69) is 15.0 Å². The number of carboxylic acids is 1. The first-order chi connectivity index (χ1) is 7.75. The van der Waals surface area contributed by atoms with Crippen molar-refractivity contribution in [2.24, 2.45) is 0 Å². The summed E-state index contributed by atoms with van der Waals surface area (Å²) in [5.74, 6) is -1.05. The van der Waals surface area contributed by atoms with Gasteiger partial charge in [0.15, 0.2) is 5.69 Å². The first kappa shape index (κ1) is 8.78. The van der Waals surface area contributed by atoms with Crippen LogP contribution in [0.1, 0.15) is 10.5 Å². The zero-order chi connectivity index (χ0) is 11.1. The number of carbonyl (C=O) groups is 1. The number of hydrogen-bond acceptors (Lipinski definition) is 4. The monoisotopic (exact) mass is 214 g/mol. The van der Waals surface area contributed by atoms with Crippen LogP contribution >= 0.6 is 0 Å². The summed E-state index contributed by atoms with van der Waals surface area (Å²) in [5, 5.41) is 9.69. The Bertz CT molecular complexity index is 704. The molecule has 1 N–H and O–H groups in total. The van der Waals surface area contributed by atoms with E-state index in [0.717, 1.165) is 5.39 Å². The van der Waals surface area contributed by atoms with Crippen molar-refractivity contribution in [2.45, 2.75) is 0 Å². The van der Waals surface area contributed by atoms with Crippen molar-refractivity contribution in [1.29, 1.82) is 0 Å². The highest BCUT2D eigenvalue weighted by molar-refractivity contribution is 5.87. The second-order valence-electron chi connectivity index (χ2n) is 3.29. The SMILES string of the molecule is O=C(O)c1cn2c(ccc3cncnc32)n1. The third-order valence-electron chi connectivity index (χ3n) is 2.31. The predicted molar refractivity (Wildman–Crippen MR) is 55.2 cm³/mol. The number of aromatic carboxylic acids is 1.